The summed E-state index contributed by atoms with van der Waals surface area (Å²) < 4.78 is 10.9. The van der Waals surface area contributed by atoms with E-state index in [0.717, 1.165) is 28.9 Å². The molecule has 4 rings (SSSR count). The SMILES string of the molecule is COc1cc(C(=O)NNC(=O)CN2C(=O)NC3(CCCc4ccccc43)C2=O)ccc1OC(C)C. The number of ether oxygens (including phenoxy) is 2. The Kier molecular flexibility index (Phi) is 6.63. The summed E-state index contributed by atoms with van der Waals surface area (Å²) in [6, 6.07) is 11.5. The van der Waals surface area contributed by atoms with Crippen molar-refractivity contribution in [2.75, 3.05) is 13.7 Å². The van der Waals surface area contributed by atoms with Crippen LogP contribution < -0.4 is 25.6 Å². The lowest BCUT2D eigenvalue weighted by Gasteiger charge is -2.33. The largest absolute Gasteiger partial charge is 0.493 e. The molecule has 1 aliphatic carbocycles. The van der Waals surface area contributed by atoms with Gasteiger partial charge in [0.15, 0.2) is 11.5 Å². The number of aryl methyl sites for hydroxylation is 1. The summed E-state index contributed by atoms with van der Waals surface area (Å²) in [5.74, 6) is -0.922. The molecule has 5 amide bonds. The Balaban J connectivity index is 1.39. The summed E-state index contributed by atoms with van der Waals surface area (Å²) in [5.41, 5.74) is 5.39. The van der Waals surface area contributed by atoms with Gasteiger partial charge in [0.2, 0.25) is 0 Å². The van der Waals surface area contributed by atoms with Gasteiger partial charge in [-0.05, 0) is 62.4 Å². The number of methoxy groups -OCH3 is 1. The minimum atomic E-state index is -1.16. The lowest BCUT2D eigenvalue weighted by Crippen LogP contribution is -2.49. The molecule has 1 atom stereocenters. The molecular weight excluding hydrogens is 452 g/mol. The van der Waals surface area contributed by atoms with Crippen LogP contribution in [-0.4, -0.2) is 48.4 Å². The summed E-state index contributed by atoms with van der Waals surface area (Å²) in [6.45, 7) is 3.21. The van der Waals surface area contributed by atoms with Crippen molar-refractivity contribution >= 4 is 23.8 Å². The highest BCUT2D eigenvalue weighted by Crippen LogP contribution is 2.39. The second-order valence-corrected chi connectivity index (χ2v) is 8.77. The van der Waals surface area contributed by atoms with Crippen LogP contribution in [0.1, 0.15) is 48.2 Å². The molecule has 0 radical (unpaired) electrons. The Morgan fingerprint density at radius 1 is 1.11 bits per heavy atom. The standard InChI is InChI=1S/C25H28N4O6/c1-15(2)35-19-11-10-17(13-20(19)34-3)22(31)28-27-21(30)14-29-23(32)25(26-24(29)33)12-6-8-16-7-4-5-9-18(16)25/h4-5,7,9-11,13,15H,6,8,12,14H2,1-3H3,(H,26,33)(H,27,30)(H,28,31). The van der Waals surface area contributed by atoms with Crippen molar-refractivity contribution in [3.63, 3.8) is 0 Å². The molecule has 1 aliphatic heterocycles. The Bertz CT molecular complexity index is 1180. The Hall–Kier alpha value is -4.08. The molecule has 0 bridgehead atoms. The summed E-state index contributed by atoms with van der Waals surface area (Å²) >= 11 is 0. The zero-order chi connectivity index (χ0) is 25.2. The minimum Gasteiger partial charge on any atom is -0.493 e. The quantitative estimate of drug-likeness (QED) is 0.429. The van der Waals surface area contributed by atoms with E-state index in [0.29, 0.717) is 17.9 Å². The highest BCUT2D eigenvalue weighted by molar-refractivity contribution is 6.09. The molecule has 2 aliphatic rings. The van der Waals surface area contributed by atoms with E-state index in [9.17, 15) is 19.2 Å². The van der Waals surface area contributed by atoms with Gasteiger partial charge in [-0.2, -0.15) is 0 Å². The summed E-state index contributed by atoms with van der Waals surface area (Å²) in [7, 11) is 1.46. The van der Waals surface area contributed by atoms with Crippen LogP contribution in [0.3, 0.4) is 0 Å². The predicted molar refractivity (Wildman–Crippen MR) is 126 cm³/mol. The van der Waals surface area contributed by atoms with E-state index >= 15 is 0 Å². The van der Waals surface area contributed by atoms with Gasteiger partial charge in [-0.1, -0.05) is 24.3 Å². The first kappa shape index (κ1) is 24.1. The molecule has 10 heteroatoms. The maximum atomic E-state index is 13.3. The van der Waals surface area contributed by atoms with Crippen LogP contribution in [0.15, 0.2) is 42.5 Å². The van der Waals surface area contributed by atoms with Crippen LogP contribution in [0.2, 0.25) is 0 Å². The fourth-order valence-corrected chi connectivity index (χ4v) is 4.50. The van der Waals surface area contributed by atoms with E-state index in [4.69, 9.17) is 9.47 Å². The van der Waals surface area contributed by atoms with Crippen molar-refractivity contribution in [2.24, 2.45) is 0 Å². The third-order valence-corrected chi connectivity index (χ3v) is 6.06. The Labute approximate surface area is 202 Å². The molecule has 3 N–H and O–H groups in total. The number of carbonyl (C=O) groups excluding carboxylic acids is 4. The molecule has 1 saturated heterocycles. The van der Waals surface area contributed by atoms with Crippen LogP contribution in [0.5, 0.6) is 11.5 Å². The predicted octanol–water partition coefficient (Wildman–Crippen LogP) is 2.03. The van der Waals surface area contributed by atoms with E-state index in [2.05, 4.69) is 16.2 Å². The third-order valence-electron chi connectivity index (χ3n) is 6.06. The second-order valence-electron chi connectivity index (χ2n) is 8.77. The number of nitrogens with zero attached hydrogens (tertiary/aromatic N) is 1. The number of benzene rings is 2. The van der Waals surface area contributed by atoms with Gasteiger partial charge in [0.05, 0.1) is 13.2 Å². The highest BCUT2D eigenvalue weighted by Gasteiger charge is 2.54. The van der Waals surface area contributed by atoms with Gasteiger partial charge >= 0.3 is 6.03 Å². The maximum absolute atomic E-state index is 13.3. The summed E-state index contributed by atoms with van der Waals surface area (Å²) in [5, 5.41) is 2.80. The van der Waals surface area contributed by atoms with Crippen molar-refractivity contribution in [1.29, 1.82) is 0 Å². The van der Waals surface area contributed by atoms with Crippen LogP contribution in [0, 0.1) is 0 Å². The number of nitrogens with one attached hydrogen (secondary N) is 3. The molecule has 1 fully saturated rings. The number of hydrazine groups is 1. The first-order valence-electron chi connectivity index (χ1n) is 11.4. The van der Waals surface area contributed by atoms with Gasteiger partial charge in [-0.15, -0.1) is 0 Å². The van der Waals surface area contributed by atoms with Gasteiger partial charge in [-0.25, -0.2) is 4.79 Å². The van der Waals surface area contributed by atoms with Crippen molar-refractivity contribution in [3.8, 4) is 11.5 Å². The topological polar surface area (TPSA) is 126 Å². The minimum absolute atomic E-state index is 0.0745. The number of imide groups is 1. The molecule has 35 heavy (non-hydrogen) atoms. The van der Waals surface area contributed by atoms with E-state index < -0.39 is 35.8 Å². The average Bonchev–Trinajstić information content (AvgIpc) is 3.07. The number of hydrogen-bond donors (Lipinski definition) is 3. The molecule has 1 heterocycles. The number of carbonyl (C=O) groups is 4. The molecule has 2 aromatic rings. The van der Waals surface area contributed by atoms with Crippen LogP contribution in [0.25, 0.3) is 0 Å². The summed E-state index contributed by atoms with van der Waals surface area (Å²) in [6.07, 6.45) is 1.95. The molecule has 1 unspecified atom stereocenters. The fourth-order valence-electron chi connectivity index (χ4n) is 4.50. The van der Waals surface area contributed by atoms with Crippen molar-refractivity contribution in [1.82, 2.24) is 21.1 Å². The first-order valence-corrected chi connectivity index (χ1v) is 11.4. The molecular formula is C25H28N4O6. The molecule has 0 saturated carbocycles. The molecule has 184 valence electrons. The van der Waals surface area contributed by atoms with Crippen LogP contribution in [-0.2, 0) is 21.5 Å². The number of hydrogen-bond acceptors (Lipinski definition) is 6. The van der Waals surface area contributed by atoms with Crippen molar-refractivity contribution in [2.45, 2.75) is 44.8 Å². The van der Waals surface area contributed by atoms with Crippen molar-refractivity contribution < 1.29 is 28.7 Å². The smallest absolute Gasteiger partial charge is 0.325 e. The average molecular weight is 481 g/mol. The van der Waals surface area contributed by atoms with E-state index in [1.807, 2.05) is 38.1 Å². The normalized spacial score (nSPS) is 18.8. The summed E-state index contributed by atoms with van der Waals surface area (Å²) in [4.78, 5) is 51.8. The van der Waals surface area contributed by atoms with E-state index in [1.165, 1.54) is 19.2 Å². The van der Waals surface area contributed by atoms with Gasteiger partial charge < -0.3 is 14.8 Å². The lowest BCUT2D eigenvalue weighted by atomic mass is 9.76. The Morgan fingerprint density at radius 3 is 2.63 bits per heavy atom. The first-order chi connectivity index (χ1) is 16.7. The third kappa shape index (κ3) is 4.64. The van der Waals surface area contributed by atoms with Crippen LogP contribution in [0.4, 0.5) is 4.79 Å². The van der Waals surface area contributed by atoms with Gasteiger partial charge in [0, 0.05) is 5.56 Å². The van der Waals surface area contributed by atoms with Gasteiger partial charge in [0.25, 0.3) is 17.7 Å². The number of urea groups is 1. The van der Waals surface area contributed by atoms with Gasteiger partial charge in [0.1, 0.15) is 12.1 Å². The van der Waals surface area contributed by atoms with Gasteiger partial charge in [-0.3, -0.25) is 30.1 Å². The number of amides is 5. The maximum Gasteiger partial charge on any atom is 0.325 e. The highest BCUT2D eigenvalue weighted by atomic mass is 16.5. The zero-order valence-electron chi connectivity index (χ0n) is 19.8. The lowest BCUT2D eigenvalue weighted by molar-refractivity contribution is -0.135. The second kappa shape index (κ2) is 9.65. The molecule has 1 spiro atoms. The Morgan fingerprint density at radius 2 is 1.89 bits per heavy atom. The van der Waals surface area contributed by atoms with Crippen molar-refractivity contribution in [3.05, 3.63) is 59.2 Å². The monoisotopic (exact) mass is 480 g/mol. The van der Waals surface area contributed by atoms with E-state index in [-0.39, 0.29) is 11.7 Å². The van der Waals surface area contributed by atoms with E-state index in [1.54, 1.807) is 6.07 Å². The van der Waals surface area contributed by atoms with Crippen LogP contribution >= 0.6 is 0 Å². The molecule has 2 aromatic carbocycles. The zero-order valence-corrected chi connectivity index (χ0v) is 19.8. The molecule has 0 aromatic heterocycles. The molecule has 10 nitrogen and oxygen atoms in total. The number of rotatable bonds is 6. The number of fused-ring (bicyclic) bond motifs is 2. The fraction of sp³-hybridized carbons (Fsp3) is 0.360.